The van der Waals surface area contributed by atoms with Crippen molar-refractivity contribution in [2.75, 3.05) is 0 Å². The van der Waals surface area contributed by atoms with Crippen LogP contribution < -0.4 is 0 Å². The summed E-state index contributed by atoms with van der Waals surface area (Å²) in [5.41, 5.74) is -1.72. The van der Waals surface area contributed by atoms with E-state index in [1.165, 1.54) is 12.1 Å². The van der Waals surface area contributed by atoms with Crippen molar-refractivity contribution in [3.05, 3.63) is 35.9 Å². The van der Waals surface area contributed by atoms with Crippen LogP contribution in [-0.2, 0) is 13.9 Å². The highest BCUT2D eigenvalue weighted by Gasteiger charge is 2.42. The number of benzene rings is 1. The number of phosphoric acid groups is 1. The lowest BCUT2D eigenvalue weighted by Gasteiger charge is -2.30. The van der Waals surface area contributed by atoms with Gasteiger partial charge in [-0.05, 0) is 19.4 Å². The van der Waals surface area contributed by atoms with Crippen molar-refractivity contribution in [2.45, 2.75) is 25.6 Å². The topological polar surface area (TPSA) is 104 Å². The Labute approximate surface area is 104 Å². The van der Waals surface area contributed by atoms with E-state index in [1.54, 1.807) is 18.2 Å². The van der Waals surface area contributed by atoms with Gasteiger partial charge in [-0.15, -0.1) is 0 Å². The Balaban J connectivity index is 3.20. The molecule has 0 heterocycles. The summed E-state index contributed by atoms with van der Waals surface area (Å²) >= 11 is 0. The van der Waals surface area contributed by atoms with Crippen LogP contribution >= 0.6 is 7.82 Å². The first-order chi connectivity index (χ1) is 8.14. The predicted octanol–water partition coefficient (Wildman–Crippen LogP) is 1.18. The van der Waals surface area contributed by atoms with E-state index in [9.17, 15) is 14.5 Å². The van der Waals surface area contributed by atoms with Crippen LogP contribution in [-0.4, -0.2) is 26.3 Å². The Hall–Kier alpha value is -1.04. The zero-order valence-electron chi connectivity index (χ0n) is 9.98. The van der Waals surface area contributed by atoms with Gasteiger partial charge in [-0.1, -0.05) is 30.3 Å². The van der Waals surface area contributed by atoms with Crippen LogP contribution in [0.3, 0.4) is 0 Å². The maximum Gasteiger partial charge on any atom is 0.470 e. The van der Waals surface area contributed by atoms with Crippen LogP contribution in [0.25, 0.3) is 0 Å². The molecule has 7 heteroatoms. The SMILES string of the molecule is CC(=O)C(C)(O)C(OP(=O)(O)O)c1ccccc1. The van der Waals surface area contributed by atoms with Crippen LogP contribution in [0.4, 0.5) is 0 Å². The molecule has 1 aromatic rings. The Morgan fingerprint density at radius 2 is 1.83 bits per heavy atom. The van der Waals surface area contributed by atoms with Crippen molar-refractivity contribution in [3.8, 4) is 0 Å². The molecule has 6 nitrogen and oxygen atoms in total. The molecule has 1 aromatic carbocycles. The molecule has 18 heavy (non-hydrogen) atoms. The van der Waals surface area contributed by atoms with Crippen LogP contribution in [0, 0.1) is 0 Å². The van der Waals surface area contributed by atoms with Crippen molar-refractivity contribution in [2.24, 2.45) is 0 Å². The fourth-order valence-electron chi connectivity index (χ4n) is 1.44. The normalized spacial score (nSPS) is 16.9. The molecule has 0 radical (unpaired) electrons. The number of carbonyl (C=O) groups is 1. The Morgan fingerprint density at radius 3 is 2.22 bits per heavy atom. The standard InChI is InChI=1S/C11H15O6P/c1-8(12)11(2,13)10(17-18(14,15)16)9-6-4-3-5-7-9/h3-7,10,13H,1-2H3,(H2,14,15,16). The van der Waals surface area contributed by atoms with Crippen molar-refractivity contribution in [1.82, 2.24) is 0 Å². The lowest BCUT2D eigenvalue weighted by molar-refractivity contribution is -0.144. The molecular formula is C11H15O6P. The molecule has 0 spiro atoms. The fraction of sp³-hybridized carbons (Fsp3) is 0.364. The monoisotopic (exact) mass is 274 g/mol. The maximum absolute atomic E-state index is 11.4. The summed E-state index contributed by atoms with van der Waals surface area (Å²) in [4.78, 5) is 29.1. The minimum absolute atomic E-state index is 0.307. The smallest absolute Gasteiger partial charge is 0.379 e. The number of hydrogen-bond acceptors (Lipinski definition) is 4. The molecule has 0 aliphatic rings. The van der Waals surface area contributed by atoms with E-state index in [0.717, 1.165) is 13.8 Å². The molecular weight excluding hydrogens is 259 g/mol. The Morgan fingerprint density at radius 1 is 1.33 bits per heavy atom. The average molecular weight is 274 g/mol. The molecule has 0 aromatic heterocycles. The molecule has 0 bridgehead atoms. The Bertz CT molecular complexity index is 464. The molecule has 100 valence electrons. The fourth-order valence-corrected chi connectivity index (χ4v) is 2.04. The zero-order chi connectivity index (χ0) is 14.0. The summed E-state index contributed by atoms with van der Waals surface area (Å²) in [5, 5.41) is 10.1. The van der Waals surface area contributed by atoms with Crippen molar-refractivity contribution < 1.29 is 28.8 Å². The first kappa shape index (κ1) is 15.0. The van der Waals surface area contributed by atoms with Crippen molar-refractivity contribution in [1.29, 1.82) is 0 Å². The second-order valence-corrected chi connectivity index (χ2v) is 5.28. The molecule has 0 amide bonds. The van der Waals surface area contributed by atoms with Crippen molar-refractivity contribution >= 4 is 13.6 Å². The summed E-state index contributed by atoms with van der Waals surface area (Å²) in [6, 6.07) is 7.94. The molecule has 0 saturated heterocycles. The molecule has 0 fully saturated rings. The highest BCUT2D eigenvalue weighted by atomic mass is 31.2. The van der Waals surface area contributed by atoms with E-state index in [4.69, 9.17) is 9.79 Å². The third kappa shape index (κ3) is 3.73. The summed E-state index contributed by atoms with van der Waals surface area (Å²) in [7, 11) is -4.84. The van der Waals surface area contributed by atoms with E-state index in [-0.39, 0.29) is 0 Å². The van der Waals surface area contributed by atoms with Gasteiger partial charge in [0.15, 0.2) is 11.4 Å². The number of ketones is 1. The summed E-state index contributed by atoms with van der Waals surface area (Å²) in [5.74, 6) is -0.648. The molecule has 2 unspecified atom stereocenters. The van der Waals surface area contributed by atoms with Crippen LogP contribution in [0.1, 0.15) is 25.5 Å². The average Bonchev–Trinajstić information content (AvgIpc) is 2.25. The zero-order valence-corrected chi connectivity index (χ0v) is 10.9. The molecule has 0 aliphatic carbocycles. The van der Waals surface area contributed by atoms with Crippen LogP contribution in [0.5, 0.6) is 0 Å². The molecule has 0 aliphatic heterocycles. The third-order valence-electron chi connectivity index (χ3n) is 2.57. The van der Waals surface area contributed by atoms with E-state index in [2.05, 4.69) is 4.52 Å². The van der Waals surface area contributed by atoms with Gasteiger partial charge in [0, 0.05) is 0 Å². The van der Waals surface area contributed by atoms with Gasteiger partial charge in [0.1, 0.15) is 6.10 Å². The first-order valence-corrected chi connectivity index (χ1v) is 6.70. The van der Waals surface area contributed by atoms with Crippen LogP contribution in [0.2, 0.25) is 0 Å². The second kappa shape index (κ2) is 5.30. The lowest BCUT2D eigenvalue weighted by Crippen LogP contribution is -2.41. The van der Waals surface area contributed by atoms with Gasteiger partial charge in [-0.3, -0.25) is 9.32 Å². The van der Waals surface area contributed by atoms with Gasteiger partial charge in [0.2, 0.25) is 0 Å². The minimum atomic E-state index is -4.84. The molecule has 3 N–H and O–H groups in total. The molecule has 1 rings (SSSR count). The minimum Gasteiger partial charge on any atom is -0.379 e. The largest absolute Gasteiger partial charge is 0.470 e. The van der Waals surface area contributed by atoms with E-state index >= 15 is 0 Å². The summed E-state index contributed by atoms with van der Waals surface area (Å²) in [6.07, 6.45) is -1.43. The van der Waals surface area contributed by atoms with E-state index in [0.29, 0.717) is 5.56 Å². The highest BCUT2D eigenvalue weighted by molar-refractivity contribution is 7.46. The number of carbonyl (C=O) groups excluding carboxylic acids is 1. The highest BCUT2D eigenvalue weighted by Crippen LogP contribution is 2.46. The summed E-state index contributed by atoms with van der Waals surface area (Å²) < 4.78 is 15.5. The van der Waals surface area contributed by atoms with Crippen molar-refractivity contribution in [3.63, 3.8) is 0 Å². The van der Waals surface area contributed by atoms with Gasteiger partial charge in [0.25, 0.3) is 0 Å². The van der Waals surface area contributed by atoms with Gasteiger partial charge >= 0.3 is 7.82 Å². The predicted molar refractivity (Wildman–Crippen MR) is 63.6 cm³/mol. The maximum atomic E-state index is 11.4. The molecule has 0 saturated carbocycles. The quantitative estimate of drug-likeness (QED) is 0.696. The third-order valence-corrected chi connectivity index (χ3v) is 3.05. The summed E-state index contributed by atoms with van der Waals surface area (Å²) in [6.45, 7) is 2.28. The number of hydrogen-bond donors (Lipinski definition) is 3. The van der Waals surface area contributed by atoms with Crippen LogP contribution in [0.15, 0.2) is 30.3 Å². The number of phosphoric ester groups is 1. The van der Waals surface area contributed by atoms with Gasteiger partial charge in [0.05, 0.1) is 0 Å². The second-order valence-electron chi connectivity index (χ2n) is 4.09. The Kier molecular flexibility index (Phi) is 4.42. The van der Waals surface area contributed by atoms with E-state index in [1.807, 2.05) is 0 Å². The lowest BCUT2D eigenvalue weighted by atomic mass is 9.90. The van der Waals surface area contributed by atoms with Gasteiger partial charge in [-0.2, -0.15) is 0 Å². The number of aliphatic hydroxyl groups is 1. The van der Waals surface area contributed by atoms with Gasteiger partial charge < -0.3 is 14.9 Å². The molecule has 2 atom stereocenters. The van der Waals surface area contributed by atoms with E-state index < -0.39 is 25.3 Å². The number of Topliss-reactive ketones (excluding diaryl/α,β-unsaturated/α-hetero) is 1. The first-order valence-electron chi connectivity index (χ1n) is 5.17. The number of rotatable bonds is 5. The van der Waals surface area contributed by atoms with Gasteiger partial charge in [-0.25, -0.2) is 4.57 Å².